The van der Waals surface area contributed by atoms with Crippen LogP contribution in [-0.4, -0.2) is 22.6 Å². The Bertz CT molecular complexity index is 949. The minimum Gasteiger partial charge on any atom is -0.351 e. The highest BCUT2D eigenvalue weighted by atomic mass is 32.2. The normalized spacial score (nSPS) is 10.6. The van der Waals surface area contributed by atoms with Crippen LogP contribution < -0.4 is 10.6 Å². The average Bonchev–Trinajstić information content (AvgIpc) is 3.28. The van der Waals surface area contributed by atoms with E-state index in [0.29, 0.717) is 17.4 Å². The first-order valence-electron chi connectivity index (χ1n) is 8.28. The van der Waals surface area contributed by atoms with Crippen LogP contribution in [0, 0.1) is 6.92 Å². The van der Waals surface area contributed by atoms with Crippen LogP contribution in [0.4, 0.5) is 5.13 Å². The molecule has 1 aromatic carbocycles. The van der Waals surface area contributed by atoms with Gasteiger partial charge < -0.3 is 10.6 Å². The van der Waals surface area contributed by atoms with Crippen LogP contribution in [0.1, 0.15) is 17.4 Å². The number of thiazole rings is 1. The number of nitrogens with zero attached hydrogens (tertiary/aromatic N) is 1. The van der Waals surface area contributed by atoms with E-state index in [1.807, 2.05) is 48.7 Å². The summed E-state index contributed by atoms with van der Waals surface area (Å²) in [5.74, 6) is 0.230. The lowest BCUT2D eigenvalue weighted by Crippen LogP contribution is -2.17. The van der Waals surface area contributed by atoms with Gasteiger partial charge in [0.25, 0.3) is 0 Å². The molecule has 0 atom stereocenters. The fraction of sp³-hybridized carbons (Fsp3) is 0.211. The van der Waals surface area contributed by atoms with Crippen LogP contribution in [0.3, 0.4) is 0 Å². The zero-order valence-corrected chi connectivity index (χ0v) is 17.4. The van der Waals surface area contributed by atoms with Gasteiger partial charge in [0.15, 0.2) is 5.13 Å². The Labute approximate surface area is 170 Å². The molecule has 3 aromatic rings. The highest BCUT2D eigenvalue weighted by Crippen LogP contribution is 2.31. The fourth-order valence-corrected chi connectivity index (χ4v) is 4.82. The Kier molecular flexibility index (Phi) is 6.65. The molecule has 2 heterocycles. The maximum absolute atomic E-state index is 12.2. The largest absolute Gasteiger partial charge is 0.351 e. The molecule has 8 heteroatoms. The molecule has 0 aliphatic carbocycles. The van der Waals surface area contributed by atoms with Crippen molar-refractivity contribution in [3.63, 3.8) is 0 Å². The fourth-order valence-electron chi connectivity index (χ4n) is 2.28. The standard InChI is InChI=1S/C19H19N3O2S3/c1-12-5-3-4-6-16(12)25-11-18(24)22-19-21-15(10-26-19)17-8-7-14(27-17)9-20-13(2)23/h3-8,10H,9,11H2,1-2H3,(H,20,23)(H,21,22,24). The van der Waals surface area contributed by atoms with Gasteiger partial charge in [0.1, 0.15) is 0 Å². The third-order valence-corrected chi connectivity index (χ3v) is 6.67. The van der Waals surface area contributed by atoms with Crippen LogP contribution in [0.25, 0.3) is 10.6 Å². The minimum atomic E-state index is -0.0679. The molecule has 27 heavy (non-hydrogen) atoms. The second kappa shape index (κ2) is 9.16. The summed E-state index contributed by atoms with van der Waals surface area (Å²) in [6.07, 6.45) is 0. The molecule has 0 aliphatic rings. The van der Waals surface area contributed by atoms with Crippen molar-refractivity contribution in [1.82, 2.24) is 10.3 Å². The molecule has 5 nitrogen and oxygen atoms in total. The maximum atomic E-state index is 12.2. The molecular weight excluding hydrogens is 398 g/mol. The van der Waals surface area contributed by atoms with E-state index in [1.165, 1.54) is 35.6 Å². The first-order valence-corrected chi connectivity index (χ1v) is 11.0. The number of amides is 2. The molecule has 0 unspecified atom stereocenters. The average molecular weight is 418 g/mol. The lowest BCUT2D eigenvalue weighted by atomic mass is 10.2. The van der Waals surface area contributed by atoms with Crippen LogP contribution in [0.15, 0.2) is 46.7 Å². The molecule has 0 saturated heterocycles. The molecule has 2 amide bonds. The van der Waals surface area contributed by atoms with E-state index < -0.39 is 0 Å². The highest BCUT2D eigenvalue weighted by Gasteiger charge is 2.11. The van der Waals surface area contributed by atoms with E-state index in [4.69, 9.17) is 0 Å². The van der Waals surface area contributed by atoms with Gasteiger partial charge in [-0.3, -0.25) is 9.59 Å². The van der Waals surface area contributed by atoms with Gasteiger partial charge in [-0.15, -0.1) is 34.4 Å². The summed E-state index contributed by atoms with van der Waals surface area (Å²) in [7, 11) is 0. The van der Waals surface area contributed by atoms with E-state index in [1.54, 1.807) is 11.3 Å². The zero-order valence-electron chi connectivity index (χ0n) is 14.9. The summed E-state index contributed by atoms with van der Waals surface area (Å²) in [6, 6.07) is 12.0. The molecule has 0 fully saturated rings. The van der Waals surface area contributed by atoms with Gasteiger partial charge in [-0.2, -0.15) is 0 Å². The number of aromatic nitrogens is 1. The van der Waals surface area contributed by atoms with Crippen LogP contribution in [0.2, 0.25) is 0 Å². The summed E-state index contributed by atoms with van der Waals surface area (Å²) >= 11 is 4.51. The number of rotatable bonds is 7. The molecular formula is C19H19N3O2S3. The number of carbonyl (C=O) groups excluding carboxylic acids is 2. The van der Waals surface area contributed by atoms with Gasteiger partial charge in [0.05, 0.1) is 22.9 Å². The maximum Gasteiger partial charge on any atom is 0.236 e. The number of anilines is 1. The molecule has 0 bridgehead atoms. The molecule has 2 aromatic heterocycles. The van der Waals surface area contributed by atoms with Crippen molar-refractivity contribution in [2.75, 3.05) is 11.1 Å². The van der Waals surface area contributed by atoms with E-state index in [0.717, 1.165) is 20.3 Å². The quantitative estimate of drug-likeness (QED) is 0.554. The number of nitrogens with one attached hydrogen (secondary N) is 2. The van der Waals surface area contributed by atoms with E-state index in [9.17, 15) is 9.59 Å². The molecule has 140 valence electrons. The number of benzene rings is 1. The number of thiophene rings is 1. The Morgan fingerprint density at radius 2 is 2.00 bits per heavy atom. The van der Waals surface area contributed by atoms with E-state index in [2.05, 4.69) is 15.6 Å². The molecule has 0 radical (unpaired) electrons. The predicted molar refractivity (Wildman–Crippen MR) is 113 cm³/mol. The second-order valence-corrected chi connectivity index (χ2v) is 8.86. The Hall–Kier alpha value is -2.16. The topological polar surface area (TPSA) is 71.1 Å². The lowest BCUT2D eigenvalue weighted by Gasteiger charge is -2.04. The van der Waals surface area contributed by atoms with Crippen molar-refractivity contribution >= 4 is 51.4 Å². The summed E-state index contributed by atoms with van der Waals surface area (Å²) in [5, 5.41) is 8.17. The van der Waals surface area contributed by atoms with Crippen LogP contribution in [0.5, 0.6) is 0 Å². The molecule has 0 saturated carbocycles. The summed E-state index contributed by atoms with van der Waals surface area (Å²) in [5.41, 5.74) is 2.00. The Morgan fingerprint density at radius 1 is 1.19 bits per heavy atom. The van der Waals surface area contributed by atoms with Crippen molar-refractivity contribution in [2.24, 2.45) is 0 Å². The SMILES string of the molecule is CC(=O)NCc1ccc(-c2csc(NC(=O)CSc3ccccc3C)n2)s1. The smallest absolute Gasteiger partial charge is 0.236 e. The van der Waals surface area contributed by atoms with Gasteiger partial charge in [-0.1, -0.05) is 18.2 Å². The molecule has 0 aliphatic heterocycles. The van der Waals surface area contributed by atoms with Crippen LogP contribution >= 0.6 is 34.4 Å². The van der Waals surface area contributed by atoms with Gasteiger partial charge in [-0.25, -0.2) is 4.98 Å². The van der Waals surface area contributed by atoms with Crippen LogP contribution in [-0.2, 0) is 16.1 Å². The number of aryl methyl sites for hydroxylation is 1. The minimum absolute atomic E-state index is 0.0489. The van der Waals surface area contributed by atoms with E-state index in [-0.39, 0.29) is 11.8 Å². The second-order valence-electron chi connectivity index (χ2n) is 5.82. The van der Waals surface area contributed by atoms with Crippen molar-refractivity contribution in [2.45, 2.75) is 25.3 Å². The van der Waals surface area contributed by atoms with Crippen molar-refractivity contribution < 1.29 is 9.59 Å². The molecule has 0 spiro atoms. The Balaban J connectivity index is 1.55. The Morgan fingerprint density at radius 3 is 2.78 bits per heavy atom. The first-order chi connectivity index (χ1) is 13.0. The summed E-state index contributed by atoms with van der Waals surface area (Å²) in [6.45, 7) is 4.06. The predicted octanol–water partition coefficient (Wildman–Crippen LogP) is 4.55. The van der Waals surface area contributed by atoms with Crippen molar-refractivity contribution in [3.8, 4) is 10.6 Å². The molecule has 2 N–H and O–H groups in total. The summed E-state index contributed by atoms with van der Waals surface area (Å²) < 4.78 is 0. The number of hydrogen-bond acceptors (Lipinski definition) is 6. The van der Waals surface area contributed by atoms with Gasteiger partial charge in [-0.05, 0) is 30.7 Å². The third-order valence-electron chi connectivity index (χ3n) is 3.63. The highest BCUT2D eigenvalue weighted by molar-refractivity contribution is 8.00. The van der Waals surface area contributed by atoms with Crippen molar-refractivity contribution in [3.05, 3.63) is 52.2 Å². The summed E-state index contributed by atoms with van der Waals surface area (Å²) in [4.78, 5) is 30.9. The number of carbonyl (C=O) groups is 2. The van der Waals surface area contributed by atoms with Gasteiger partial charge in [0.2, 0.25) is 11.8 Å². The third kappa shape index (κ3) is 5.66. The lowest BCUT2D eigenvalue weighted by molar-refractivity contribution is -0.119. The first kappa shape index (κ1) is 19.6. The molecule has 3 rings (SSSR count). The number of thioether (sulfide) groups is 1. The number of hydrogen-bond donors (Lipinski definition) is 2. The van der Waals surface area contributed by atoms with Gasteiger partial charge >= 0.3 is 0 Å². The van der Waals surface area contributed by atoms with Gasteiger partial charge in [0, 0.05) is 22.1 Å². The zero-order chi connectivity index (χ0) is 19.2. The monoisotopic (exact) mass is 417 g/mol. The van der Waals surface area contributed by atoms with E-state index >= 15 is 0 Å². The van der Waals surface area contributed by atoms with Crippen molar-refractivity contribution in [1.29, 1.82) is 0 Å².